The Morgan fingerprint density at radius 3 is 2.52 bits per heavy atom. The summed E-state index contributed by atoms with van der Waals surface area (Å²) in [7, 11) is 0. The summed E-state index contributed by atoms with van der Waals surface area (Å²) in [4.78, 5) is 59.0. The van der Waals surface area contributed by atoms with Crippen molar-refractivity contribution in [3.8, 4) is 0 Å². The smallest absolute Gasteiger partial charge is 0.313 e. The van der Waals surface area contributed by atoms with E-state index in [4.69, 9.17) is 9.47 Å². The van der Waals surface area contributed by atoms with Gasteiger partial charge in [-0.05, 0) is 44.1 Å². The number of aliphatic hydroxyl groups is 1. The zero-order chi connectivity index (χ0) is 33.6. The molecular weight excluding hydrogens is 586 g/mol. The van der Waals surface area contributed by atoms with Crippen LogP contribution in [-0.4, -0.2) is 88.1 Å². The van der Waals surface area contributed by atoms with Crippen molar-refractivity contribution >= 4 is 23.7 Å². The van der Waals surface area contributed by atoms with Gasteiger partial charge in [-0.2, -0.15) is 0 Å². The number of esters is 1. The third-order valence-corrected chi connectivity index (χ3v) is 9.79. The Balaban J connectivity index is 1.69. The van der Waals surface area contributed by atoms with Crippen molar-refractivity contribution in [3.63, 3.8) is 0 Å². The lowest BCUT2D eigenvalue weighted by atomic mass is 9.70. The van der Waals surface area contributed by atoms with Gasteiger partial charge in [0.05, 0.1) is 36.6 Å². The Hall–Kier alpha value is -3.50. The second-order valence-corrected chi connectivity index (χ2v) is 13.2. The van der Waals surface area contributed by atoms with Crippen LogP contribution in [0.5, 0.6) is 0 Å². The fourth-order valence-corrected chi connectivity index (χ4v) is 7.53. The maximum atomic E-state index is 14.5. The van der Waals surface area contributed by atoms with Gasteiger partial charge in [0.15, 0.2) is 0 Å². The first-order chi connectivity index (χ1) is 22.1. The fraction of sp³-hybridized carbons (Fsp3) is 0.611. The van der Waals surface area contributed by atoms with Gasteiger partial charge >= 0.3 is 5.97 Å². The van der Waals surface area contributed by atoms with Crippen LogP contribution >= 0.6 is 0 Å². The molecule has 0 unspecified atom stereocenters. The molecule has 252 valence electrons. The molecule has 0 aliphatic carbocycles. The number of hydrogen-bond acceptors (Lipinski definition) is 7. The fourth-order valence-electron chi connectivity index (χ4n) is 7.53. The topological polar surface area (TPSA) is 125 Å². The molecule has 10 nitrogen and oxygen atoms in total. The van der Waals surface area contributed by atoms with E-state index in [1.165, 1.54) is 4.90 Å². The van der Waals surface area contributed by atoms with Crippen molar-refractivity contribution in [2.45, 2.75) is 102 Å². The minimum atomic E-state index is -1.22. The number of allylic oxidation sites excluding steroid dienone is 1. The number of unbranched alkanes of at least 4 members (excludes halogenated alkanes) is 1. The maximum Gasteiger partial charge on any atom is 0.313 e. The molecule has 0 saturated carbocycles. The molecule has 3 saturated heterocycles. The second kappa shape index (κ2) is 15.4. The lowest BCUT2D eigenvalue weighted by Crippen LogP contribution is -2.59. The molecule has 2 bridgehead atoms. The van der Waals surface area contributed by atoms with Crippen LogP contribution in [0.4, 0.5) is 0 Å². The van der Waals surface area contributed by atoms with E-state index in [1.54, 1.807) is 24.0 Å². The van der Waals surface area contributed by atoms with Crippen LogP contribution in [0.3, 0.4) is 0 Å². The number of rotatable bonds is 17. The first-order valence-electron chi connectivity index (χ1n) is 16.7. The lowest BCUT2D eigenvalue weighted by Gasteiger charge is -2.40. The minimum absolute atomic E-state index is 0.154. The summed E-state index contributed by atoms with van der Waals surface area (Å²) >= 11 is 0. The molecule has 46 heavy (non-hydrogen) atoms. The van der Waals surface area contributed by atoms with Gasteiger partial charge < -0.3 is 29.7 Å². The van der Waals surface area contributed by atoms with Crippen LogP contribution in [0.1, 0.15) is 77.9 Å². The average molecular weight is 638 g/mol. The largest absolute Gasteiger partial charge is 0.455 e. The lowest BCUT2D eigenvalue weighted by molar-refractivity contribution is -0.163. The normalized spacial score (nSPS) is 26.7. The number of aliphatic hydroxyl groups excluding tert-OH is 1. The highest BCUT2D eigenvalue weighted by molar-refractivity contribution is 5.98. The van der Waals surface area contributed by atoms with Crippen LogP contribution in [-0.2, 0) is 28.7 Å². The first kappa shape index (κ1) is 35.4. The molecule has 0 radical (unpaired) electrons. The number of amides is 3. The van der Waals surface area contributed by atoms with E-state index in [0.29, 0.717) is 37.9 Å². The Bertz CT molecular complexity index is 1270. The predicted molar refractivity (Wildman–Crippen MR) is 174 cm³/mol. The summed E-state index contributed by atoms with van der Waals surface area (Å²) in [6.07, 6.45) is 5.31. The van der Waals surface area contributed by atoms with E-state index >= 15 is 0 Å². The number of likely N-dealkylation sites (tertiary alicyclic amines) is 1. The molecule has 1 aromatic rings. The van der Waals surface area contributed by atoms with Gasteiger partial charge in [0.1, 0.15) is 17.7 Å². The van der Waals surface area contributed by atoms with Crippen molar-refractivity contribution in [3.05, 3.63) is 61.2 Å². The summed E-state index contributed by atoms with van der Waals surface area (Å²) in [5, 5.41) is 13.4. The van der Waals surface area contributed by atoms with Crippen LogP contribution in [0.15, 0.2) is 55.6 Å². The predicted octanol–water partition coefficient (Wildman–Crippen LogP) is 3.95. The maximum absolute atomic E-state index is 14.5. The number of hydrogen-bond donors (Lipinski definition) is 2. The Kier molecular flexibility index (Phi) is 11.8. The number of nitrogens with one attached hydrogen (secondary N) is 1. The van der Waals surface area contributed by atoms with Crippen LogP contribution in [0, 0.1) is 17.8 Å². The molecule has 3 aliphatic heterocycles. The molecule has 1 aromatic carbocycles. The summed E-state index contributed by atoms with van der Waals surface area (Å²) in [5.74, 6) is -3.44. The van der Waals surface area contributed by atoms with Crippen LogP contribution < -0.4 is 5.32 Å². The van der Waals surface area contributed by atoms with Crippen molar-refractivity contribution in [1.82, 2.24) is 15.1 Å². The van der Waals surface area contributed by atoms with Gasteiger partial charge in [-0.1, -0.05) is 69.7 Å². The van der Waals surface area contributed by atoms with E-state index in [1.807, 2.05) is 51.1 Å². The molecule has 1 spiro atoms. The highest BCUT2D eigenvalue weighted by atomic mass is 16.6. The second-order valence-electron chi connectivity index (χ2n) is 13.2. The molecule has 3 heterocycles. The molecule has 8 atom stereocenters. The van der Waals surface area contributed by atoms with Gasteiger partial charge in [0, 0.05) is 19.5 Å². The summed E-state index contributed by atoms with van der Waals surface area (Å²) in [6.45, 7) is 15.6. The van der Waals surface area contributed by atoms with E-state index in [2.05, 4.69) is 18.5 Å². The van der Waals surface area contributed by atoms with Crippen molar-refractivity contribution < 1.29 is 33.8 Å². The highest BCUT2D eigenvalue weighted by Crippen LogP contribution is 2.59. The van der Waals surface area contributed by atoms with Gasteiger partial charge in [0.2, 0.25) is 17.7 Å². The Labute approximate surface area is 273 Å². The van der Waals surface area contributed by atoms with Gasteiger partial charge in [-0.15, -0.1) is 13.2 Å². The number of carbonyl (C=O) groups is 4. The van der Waals surface area contributed by atoms with Crippen molar-refractivity contribution in [2.24, 2.45) is 17.8 Å². The van der Waals surface area contributed by atoms with E-state index < -0.39 is 53.7 Å². The SMILES string of the molecule is C=CCCC(=O)N[C@H](C)[C@@H](OC(=O)[C@@H]1[C@H]2C(=O)N([C@@H](CO)C(C)C)[C@H](C(=O)N(CC=C)CCCC)[C@]23CC[C@H]1O3)c1ccccc1. The molecule has 2 N–H and O–H groups in total. The van der Waals surface area contributed by atoms with Gasteiger partial charge in [-0.3, -0.25) is 19.2 Å². The third-order valence-electron chi connectivity index (χ3n) is 9.79. The summed E-state index contributed by atoms with van der Waals surface area (Å²) in [5.41, 5.74) is -0.516. The summed E-state index contributed by atoms with van der Waals surface area (Å²) < 4.78 is 12.8. The van der Waals surface area contributed by atoms with Crippen LogP contribution in [0.25, 0.3) is 0 Å². The van der Waals surface area contributed by atoms with E-state index in [-0.39, 0.29) is 36.7 Å². The number of fused-ring (bicyclic) bond motifs is 1. The zero-order valence-electron chi connectivity index (χ0n) is 27.7. The minimum Gasteiger partial charge on any atom is -0.455 e. The molecule has 0 aromatic heterocycles. The Morgan fingerprint density at radius 2 is 1.91 bits per heavy atom. The van der Waals surface area contributed by atoms with Gasteiger partial charge in [-0.25, -0.2) is 0 Å². The molecule has 3 fully saturated rings. The zero-order valence-corrected chi connectivity index (χ0v) is 27.7. The number of benzene rings is 1. The molecule has 3 amide bonds. The Morgan fingerprint density at radius 1 is 1.20 bits per heavy atom. The van der Waals surface area contributed by atoms with Crippen molar-refractivity contribution in [2.75, 3.05) is 19.7 Å². The molecule has 4 rings (SSSR count). The molecule has 10 heteroatoms. The van der Waals surface area contributed by atoms with Crippen molar-refractivity contribution in [1.29, 1.82) is 0 Å². The third kappa shape index (κ3) is 6.79. The van der Waals surface area contributed by atoms with Crippen LogP contribution in [0.2, 0.25) is 0 Å². The molecule has 3 aliphatic rings. The first-order valence-corrected chi connectivity index (χ1v) is 16.7. The number of nitrogens with zero attached hydrogens (tertiary/aromatic N) is 2. The quantitative estimate of drug-likeness (QED) is 0.196. The van der Waals surface area contributed by atoms with E-state index in [0.717, 1.165) is 12.8 Å². The number of ether oxygens (including phenoxy) is 2. The standard InChI is InChI=1S/C36H51N3O7/c1-7-10-17-28(41)37-24(6)31(25-15-13-12-14-16-25)45-35(44)29-27-18-19-36(46-27)30(29)33(42)39(26(22-40)23(4)5)32(36)34(43)38(20-9-3)21-11-8-2/h7,9,12-16,23-24,26-27,29-32,40H,1,3,8,10-11,17-22H2,2,4-6H3,(H,37,41)/t24-,26+,27-,29+,30+,31-,32-,36+/m1/s1. The number of carbonyl (C=O) groups excluding carboxylic acids is 4. The molecular formula is C36H51N3O7. The van der Waals surface area contributed by atoms with E-state index in [9.17, 15) is 24.3 Å². The monoisotopic (exact) mass is 637 g/mol. The van der Waals surface area contributed by atoms with Gasteiger partial charge in [0.25, 0.3) is 0 Å². The highest BCUT2D eigenvalue weighted by Gasteiger charge is 2.75. The average Bonchev–Trinajstić information content (AvgIpc) is 3.68. The summed E-state index contributed by atoms with van der Waals surface area (Å²) in [6, 6.07) is 7.00.